The number of nitrogens with zero attached hydrogens (tertiary/aromatic N) is 1. The minimum Gasteiger partial charge on any atom is -0.351 e. The molecule has 0 spiro atoms. The Morgan fingerprint density at radius 1 is 1.36 bits per heavy atom. The van der Waals surface area contributed by atoms with Crippen LogP contribution in [-0.4, -0.2) is 23.3 Å². The van der Waals surface area contributed by atoms with E-state index in [9.17, 15) is 9.59 Å². The molecule has 114 valence electrons. The number of nitrogens with one attached hydrogen (secondary N) is 2. The predicted molar refractivity (Wildman–Crippen MR) is 87.2 cm³/mol. The number of hydrogen-bond donors (Lipinski definition) is 2. The molecule has 1 aliphatic heterocycles. The lowest BCUT2D eigenvalue weighted by Crippen LogP contribution is -2.21. The standard InChI is InChI=1S/C14H11Cl2N3O2S/c15-7-3-4-9(16)8(6-7)12(20)19-14-18-10-2-1-5-17-13(21)11(10)22-14/h3-4,6H,1-2,5H2,(H,17,21)(H,18,19,20). The maximum absolute atomic E-state index is 12.3. The van der Waals surface area contributed by atoms with Crippen molar-refractivity contribution in [3.63, 3.8) is 0 Å². The molecule has 0 saturated carbocycles. The Labute approximate surface area is 140 Å². The van der Waals surface area contributed by atoms with Crippen LogP contribution in [0.4, 0.5) is 5.13 Å². The number of halogens is 2. The van der Waals surface area contributed by atoms with E-state index in [1.165, 1.54) is 6.07 Å². The summed E-state index contributed by atoms with van der Waals surface area (Å²) in [5.41, 5.74) is 0.983. The lowest BCUT2D eigenvalue weighted by atomic mass is 10.2. The van der Waals surface area contributed by atoms with Crippen LogP contribution in [0.2, 0.25) is 10.0 Å². The van der Waals surface area contributed by atoms with Crippen molar-refractivity contribution < 1.29 is 9.59 Å². The molecule has 0 bridgehead atoms. The van der Waals surface area contributed by atoms with Crippen molar-refractivity contribution >= 4 is 51.5 Å². The third-order valence-electron chi connectivity index (χ3n) is 3.17. The topological polar surface area (TPSA) is 71.1 Å². The molecule has 8 heteroatoms. The highest BCUT2D eigenvalue weighted by Crippen LogP contribution is 2.27. The van der Waals surface area contributed by atoms with Crippen molar-refractivity contribution in [2.45, 2.75) is 12.8 Å². The van der Waals surface area contributed by atoms with Gasteiger partial charge in [-0.2, -0.15) is 0 Å². The van der Waals surface area contributed by atoms with E-state index in [0.29, 0.717) is 38.7 Å². The normalized spacial score (nSPS) is 14.0. The molecule has 22 heavy (non-hydrogen) atoms. The van der Waals surface area contributed by atoms with Crippen LogP contribution in [0.3, 0.4) is 0 Å². The summed E-state index contributed by atoms with van der Waals surface area (Å²) in [4.78, 5) is 29.0. The van der Waals surface area contributed by atoms with Crippen LogP contribution in [0.1, 0.15) is 32.1 Å². The number of aromatic nitrogens is 1. The zero-order valence-electron chi connectivity index (χ0n) is 11.3. The molecule has 5 nitrogen and oxygen atoms in total. The zero-order valence-corrected chi connectivity index (χ0v) is 13.6. The largest absolute Gasteiger partial charge is 0.351 e. The lowest BCUT2D eigenvalue weighted by molar-refractivity contribution is 0.0958. The van der Waals surface area contributed by atoms with E-state index in [1.54, 1.807) is 12.1 Å². The van der Waals surface area contributed by atoms with Crippen molar-refractivity contribution in [3.05, 3.63) is 44.4 Å². The maximum Gasteiger partial charge on any atom is 0.263 e. The minimum atomic E-state index is -0.406. The van der Waals surface area contributed by atoms with Crippen molar-refractivity contribution in [2.24, 2.45) is 0 Å². The first-order valence-electron chi connectivity index (χ1n) is 6.59. The summed E-state index contributed by atoms with van der Waals surface area (Å²) in [7, 11) is 0. The molecule has 2 heterocycles. The highest BCUT2D eigenvalue weighted by Gasteiger charge is 2.22. The first kappa shape index (κ1) is 15.3. The molecule has 0 saturated heterocycles. The van der Waals surface area contributed by atoms with Gasteiger partial charge in [0.1, 0.15) is 4.88 Å². The predicted octanol–water partition coefficient (Wildman–Crippen LogP) is 3.38. The van der Waals surface area contributed by atoms with Gasteiger partial charge >= 0.3 is 0 Å². The SMILES string of the molecule is O=C(Nc1nc2c(s1)C(=O)NCCC2)c1cc(Cl)ccc1Cl. The number of amides is 2. The average Bonchev–Trinajstić information content (AvgIpc) is 2.81. The van der Waals surface area contributed by atoms with E-state index in [4.69, 9.17) is 23.2 Å². The third kappa shape index (κ3) is 3.09. The molecule has 2 N–H and O–H groups in total. The second kappa shape index (κ2) is 6.24. The molecule has 0 atom stereocenters. The molecule has 1 aliphatic rings. The Bertz CT molecular complexity index is 761. The van der Waals surface area contributed by atoms with Gasteiger partial charge in [0.05, 0.1) is 16.3 Å². The summed E-state index contributed by atoms with van der Waals surface area (Å²) in [5, 5.41) is 6.57. The molecule has 0 radical (unpaired) electrons. The monoisotopic (exact) mass is 355 g/mol. The number of carbonyl (C=O) groups is 2. The summed E-state index contributed by atoms with van der Waals surface area (Å²) in [6.45, 7) is 0.641. The number of aryl methyl sites for hydroxylation is 1. The molecular weight excluding hydrogens is 345 g/mol. The van der Waals surface area contributed by atoms with E-state index >= 15 is 0 Å². The Kier molecular flexibility index (Phi) is 4.33. The van der Waals surface area contributed by atoms with E-state index in [0.717, 1.165) is 17.8 Å². The summed E-state index contributed by atoms with van der Waals surface area (Å²) in [5.74, 6) is -0.553. The van der Waals surface area contributed by atoms with E-state index in [2.05, 4.69) is 15.6 Å². The van der Waals surface area contributed by atoms with Gasteiger partial charge in [-0.1, -0.05) is 34.5 Å². The Morgan fingerprint density at radius 2 is 2.18 bits per heavy atom. The Hall–Kier alpha value is -1.63. The van der Waals surface area contributed by atoms with Crippen LogP contribution >= 0.6 is 34.5 Å². The molecule has 0 aliphatic carbocycles. The molecule has 2 amide bonds. The summed E-state index contributed by atoms with van der Waals surface area (Å²) in [6.07, 6.45) is 1.54. The van der Waals surface area contributed by atoms with Gasteiger partial charge < -0.3 is 5.32 Å². The van der Waals surface area contributed by atoms with Gasteiger partial charge in [-0.15, -0.1) is 0 Å². The molecule has 2 aromatic rings. The number of anilines is 1. The summed E-state index contributed by atoms with van der Waals surface area (Å²) < 4.78 is 0. The van der Waals surface area contributed by atoms with Gasteiger partial charge in [0.25, 0.3) is 11.8 Å². The van der Waals surface area contributed by atoms with Gasteiger partial charge in [0.2, 0.25) is 0 Å². The van der Waals surface area contributed by atoms with Gasteiger partial charge in [0.15, 0.2) is 5.13 Å². The van der Waals surface area contributed by atoms with E-state index in [1.807, 2.05) is 0 Å². The summed E-state index contributed by atoms with van der Waals surface area (Å²) in [6, 6.07) is 4.66. The van der Waals surface area contributed by atoms with Gasteiger partial charge in [-0.05, 0) is 31.0 Å². The molecule has 3 rings (SSSR count). The number of carbonyl (C=O) groups excluding carboxylic acids is 2. The zero-order chi connectivity index (χ0) is 15.7. The molecule has 1 aromatic carbocycles. The third-order valence-corrected chi connectivity index (χ3v) is 4.75. The Morgan fingerprint density at radius 3 is 3.00 bits per heavy atom. The summed E-state index contributed by atoms with van der Waals surface area (Å²) >= 11 is 13.0. The molecular formula is C14H11Cl2N3O2S. The van der Waals surface area contributed by atoms with Crippen LogP contribution in [0.25, 0.3) is 0 Å². The van der Waals surface area contributed by atoms with Gasteiger partial charge in [-0.3, -0.25) is 14.9 Å². The smallest absolute Gasteiger partial charge is 0.263 e. The van der Waals surface area contributed by atoms with Crippen LogP contribution in [0.5, 0.6) is 0 Å². The van der Waals surface area contributed by atoms with Crippen molar-refractivity contribution in [1.29, 1.82) is 0 Å². The highest BCUT2D eigenvalue weighted by atomic mass is 35.5. The molecule has 0 fully saturated rings. The fraction of sp³-hybridized carbons (Fsp3) is 0.214. The number of rotatable bonds is 2. The number of fused-ring (bicyclic) bond motifs is 1. The minimum absolute atomic E-state index is 0.147. The molecule has 0 unspecified atom stereocenters. The van der Waals surface area contributed by atoms with E-state index in [-0.39, 0.29) is 11.5 Å². The van der Waals surface area contributed by atoms with Crippen molar-refractivity contribution in [2.75, 3.05) is 11.9 Å². The lowest BCUT2D eigenvalue weighted by Gasteiger charge is -2.04. The quantitative estimate of drug-likeness (QED) is 0.867. The Balaban J connectivity index is 1.84. The van der Waals surface area contributed by atoms with Crippen molar-refractivity contribution in [3.8, 4) is 0 Å². The van der Waals surface area contributed by atoms with Crippen LogP contribution < -0.4 is 10.6 Å². The molecule has 1 aromatic heterocycles. The highest BCUT2D eigenvalue weighted by molar-refractivity contribution is 7.17. The van der Waals surface area contributed by atoms with Gasteiger partial charge in [0, 0.05) is 11.6 Å². The second-order valence-electron chi connectivity index (χ2n) is 4.73. The second-order valence-corrected chi connectivity index (χ2v) is 6.58. The van der Waals surface area contributed by atoms with Crippen molar-refractivity contribution in [1.82, 2.24) is 10.3 Å². The van der Waals surface area contributed by atoms with Gasteiger partial charge in [-0.25, -0.2) is 4.98 Å². The first-order valence-corrected chi connectivity index (χ1v) is 8.16. The fourth-order valence-corrected chi connectivity index (χ4v) is 3.42. The van der Waals surface area contributed by atoms with E-state index < -0.39 is 5.91 Å². The number of hydrogen-bond acceptors (Lipinski definition) is 4. The maximum atomic E-state index is 12.3. The van der Waals surface area contributed by atoms with Crippen LogP contribution in [0, 0.1) is 0 Å². The fourth-order valence-electron chi connectivity index (χ4n) is 2.13. The first-order chi connectivity index (χ1) is 10.5. The van der Waals surface area contributed by atoms with Crippen LogP contribution in [-0.2, 0) is 6.42 Å². The number of thiazole rings is 1. The number of benzene rings is 1. The average molecular weight is 356 g/mol. The van der Waals surface area contributed by atoms with Crippen LogP contribution in [0.15, 0.2) is 18.2 Å².